The first kappa shape index (κ1) is 13.5. The molecule has 0 aromatic heterocycles. The Morgan fingerprint density at radius 1 is 1.60 bits per heavy atom. The van der Waals surface area contributed by atoms with Gasteiger partial charge in [0.25, 0.3) is 0 Å². The molecule has 0 aromatic carbocycles. The Labute approximate surface area is 89.9 Å². The fourth-order valence-electron chi connectivity index (χ4n) is 0.804. The summed E-state index contributed by atoms with van der Waals surface area (Å²) in [6.45, 7) is 6.23. The molecule has 0 rings (SSSR count). The highest BCUT2D eigenvalue weighted by Gasteiger charge is 2.15. The summed E-state index contributed by atoms with van der Waals surface area (Å²) in [5.41, 5.74) is -0.489. The van der Waals surface area contributed by atoms with Crippen LogP contribution in [-0.4, -0.2) is 29.8 Å². The van der Waals surface area contributed by atoms with Crippen LogP contribution in [0.1, 0.15) is 27.2 Å². The fourth-order valence-corrected chi connectivity index (χ4v) is 0.804. The van der Waals surface area contributed by atoms with E-state index in [4.69, 9.17) is 15.8 Å². The van der Waals surface area contributed by atoms with Crippen LogP contribution in [0, 0.1) is 11.5 Å². The summed E-state index contributed by atoms with van der Waals surface area (Å²) in [6, 6.07) is 0. The van der Waals surface area contributed by atoms with Crippen molar-refractivity contribution in [2.45, 2.75) is 32.8 Å². The van der Waals surface area contributed by atoms with Gasteiger partial charge in [-0.2, -0.15) is 5.26 Å². The molecule has 0 aliphatic rings. The number of hydrogen-bond acceptors (Lipinski definition) is 5. The van der Waals surface area contributed by atoms with Crippen LogP contribution < -0.4 is 11.2 Å². The number of nitriles is 1. The maximum Gasteiger partial charge on any atom is 0.407 e. The Morgan fingerprint density at radius 2 is 2.20 bits per heavy atom. The Balaban J connectivity index is 3.53. The largest absolute Gasteiger partial charge is 0.444 e. The monoisotopic (exact) mass is 214 g/mol. The lowest BCUT2D eigenvalue weighted by atomic mass is 10.2. The zero-order chi connectivity index (χ0) is 11.9. The second-order valence-corrected chi connectivity index (χ2v) is 4.08. The van der Waals surface area contributed by atoms with Gasteiger partial charge in [0, 0.05) is 13.1 Å². The minimum atomic E-state index is -0.489. The van der Waals surface area contributed by atoms with E-state index in [1.54, 1.807) is 27.0 Å². The van der Waals surface area contributed by atoms with Crippen molar-refractivity contribution in [1.29, 1.82) is 5.26 Å². The SMILES string of the molecule is CC(C)(C)OC(=O)NCCCN(N)C#N. The molecule has 15 heavy (non-hydrogen) atoms. The van der Waals surface area contributed by atoms with Gasteiger partial charge in [-0.15, -0.1) is 0 Å². The van der Waals surface area contributed by atoms with Crippen molar-refractivity contribution in [2.75, 3.05) is 13.1 Å². The van der Waals surface area contributed by atoms with Crippen LogP contribution >= 0.6 is 0 Å². The van der Waals surface area contributed by atoms with Gasteiger partial charge < -0.3 is 10.1 Å². The average molecular weight is 214 g/mol. The van der Waals surface area contributed by atoms with Gasteiger partial charge >= 0.3 is 6.09 Å². The molecule has 0 aliphatic carbocycles. The maximum absolute atomic E-state index is 11.1. The highest BCUT2D eigenvalue weighted by molar-refractivity contribution is 5.67. The topological polar surface area (TPSA) is 91.4 Å². The summed E-state index contributed by atoms with van der Waals surface area (Å²) in [5.74, 6) is 5.22. The van der Waals surface area contributed by atoms with Crippen LogP contribution in [-0.2, 0) is 4.74 Å². The quantitative estimate of drug-likeness (QED) is 0.234. The molecule has 0 radical (unpaired) electrons. The van der Waals surface area contributed by atoms with Crippen LogP contribution in [0.3, 0.4) is 0 Å². The summed E-state index contributed by atoms with van der Waals surface area (Å²) in [7, 11) is 0. The number of hydrogen-bond donors (Lipinski definition) is 2. The normalized spacial score (nSPS) is 10.3. The summed E-state index contributed by atoms with van der Waals surface area (Å²) in [5, 5.41) is 11.9. The van der Waals surface area contributed by atoms with Gasteiger partial charge in [0.15, 0.2) is 6.19 Å². The van der Waals surface area contributed by atoms with Crippen molar-refractivity contribution < 1.29 is 9.53 Å². The first-order valence-electron chi connectivity index (χ1n) is 4.74. The van der Waals surface area contributed by atoms with Gasteiger partial charge in [-0.3, -0.25) is 0 Å². The minimum absolute atomic E-state index is 0.409. The van der Waals surface area contributed by atoms with Crippen LogP contribution in [0.2, 0.25) is 0 Å². The van der Waals surface area contributed by atoms with Crippen molar-refractivity contribution in [3.8, 4) is 6.19 Å². The third kappa shape index (κ3) is 8.84. The summed E-state index contributed by atoms with van der Waals surface area (Å²) < 4.78 is 5.01. The third-order valence-electron chi connectivity index (χ3n) is 1.37. The van der Waals surface area contributed by atoms with E-state index < -0.39 is 11.7 Å². The molecule has 0 heterocycles. The first-order chi connectivity index (χ1) is 6.85. The molecule has 6 nitrogen and oxygen atoms in total. The predicted molar refractivity (Wildman–Crippen MR) is 55.4 cm³/mol. The average Bonchev–Trinajstić information content (AvgIpc) is 2.09. The lowest BCUT2D eigenvalue weighted by molar-refractivity contribution is 0.0526. The van der Waals surface area contributed by atoms with E-state index in [2.05, 4.69) is 5.32 Å². The molecule has 0 unspecified atom stereocenters. The highest BCUT2D eigenvalue weighted by Crippen LogP contribution is 2.06. The van der Waals surface area contributed by atoms with E-state index in [-0.39, 0.29) is 0 Å². The van der Waals surface area contributed by atoms with Crippen LogP contribution in [0.5, 0.6) is 0 Å². The smallest absolute Gasteiger partial charge is 0.407 e. The molecule has 1 amide bonds. The lowest BCUT2D eigenvalue weighted by Crippen LogP contribution is -2.35. The van der Waals surface area contributed by atoms with E-state index in [9.17, 15) is 4.79 Å². The zero-order valence-corrected chi connectivity index (χ0v) is 9.41. The number of nitrogens with two attached hydrogens (primary N) is 1. The van der Waals surface area contributed by atoms with Crippen molar-refractivity contribution in [2.24, 2.45) is 5.84 Å². The zero-order valence-electron chi connectivity index (χ0n) is 9.41. The van der Waals surface area contributed by atoms with E-state index in [0.29, 0.717) is 19.5 Å². The second kappa shape index (κ2) is 6.09. The molecule has 0 saturated heterocycles. The molecule has 0 bridgehead atoms. The number of rotatable bonds is 4. The summed E-state index contributed by atoms with van der Waals surface area (Å²) in [6.07, 6.45) is 1.90. The van der Waals surface area contributed by atoms with Gasteiger partial charge in [0.1, 0.15) is 5.60 Å². The van der Waals surface area contributed by atoms with Gasteiger partial charge in [-0.05, 0) is 27.2 Å². The molecule has 0 aliphatic heterocycles. The second-order valence-electron chi connectivity index (χ2n) is 4.08. The molecule has 0 atom stereocenters. The lowest BCUT2D eigenvalue weighted by Gasteiger charge is -2.19. The van der Waals surface area contributed by atoms with Crippen LogP contribution in [0.15, 0.2) is 0 Å². The number of hydrazine groups is 1. The molecule has 0 spiro atoms. The van der Waals surface area contributed by atoms with Crippen LogP contribution in [0.4, 0.5) is 4.79 Å². The molecular weight excluding hydrogens is 196 g/mol. The number of carbonyl (C=O) groups is 1. The predicted octanol–water partition coefficient (Wildman–Crippen LogP) is 0.558. The van der Waals surface area contributed by atoms with Gasteiger partial charge in [-0.25, -0.2) is 15.6 Å². The Bertz CT molecular complexity index is 241. The Kier molecular flexibility index (Phi) is 5.49. The maximum atomic E-state index is 11.1. The number of nitrogens with zero attached hydrogens (tertiary/aromatic N) is 2. The van der Waals surface area contributed by atoms with Crippen molar-refractivity contribution in [1.82, 2.24) is 10.3 Å². The minimum Gasteiger partial charge on any atom is -0.444 e. The van der Waals surface area contributed by atoms with E-state index >= 15 is 0 Å². The molecular formula is C9H18N4O2. The van der Waals surface area contributed by atoms with E-state index in [1.165, 1.54) is 0 Å². The molecule has 3 N–H and O–H groups in total. The number of carbonyl (C=O) groups excluding carboxylic acids is 1. The Hall–Kier alpha value is -1.48. The number of alkyl carbamates (subject to hydrolysis) is 1. The van der Waals surface area contributed by atoms with Crippen molar-refractivity contribution in [3.05, 3.63) is 0 Å². The third-order valence-corrected chi connectivity index (χ3v) is 1.37. The Morgan fingerprint density at radius 3 is 2.67 bits per heavy atom. The molecule has 6 heteroatoms. The van der Waals surface area contributed by atoms with Crippen molar-refractivity contribution >= 4 is 6.09 Å². The van der Waals surface area contributed by atoms with Gasteiger partial charge in [0.05, 0.1) is 0 Å². The van der Waals surface area contributed by atoms with Crippen LogP contribution in [0.25, 0.3) is 0 Å². The first-order valence-corrected chi connectivity index (χ1v) is 4.74. The summed E-state index contributed by atoms with van der Waals surface area (Å²) in [4.78, 5) is 11.1. The highest BCUT2D eigenvalue weighted by atomic mass is 16.6. The van der Waals surface area contributed by atoms with Gasteiger partial charge in [-0.1, -0.05) is 0 Å². The van der Waals surface area contributed by atoms with Gasteiger partial charge in [0.2, 0.25) is 0 Å². The molecule has 0 aromatic rings. The number of ether oxygens (including phenoxy) is 1. The van der Waals surface area contributed by atoms with E-state index in [0.717, 1.165) is 5.01 Å². The standard InChI is InChI=1S/C9H18N4O2/c1-9(2,3)15-8(14)12-5-4-6-13(11)7-10/h4-6,11H2,1-3H3,(H,12,14). The molecule has 0 saturated carbocycles. The number of amides is 1. The van der Waals surface area contributed by atoms with E-state index in [1.807, 2.05) is 0 Å². The summed E-state index contributed by atoms with van der Waals surface area (Å²) >= 11 is 0. The van der Waals surface area contributed by atoms with Crippen molar-refractivity contribution in [3.63, 3.8) is 0 Å². The molecule has 86 valence electrons. The number of nitrogens with one attached hydrogen (secondary N) is 1. The fraction of sp³-hybridized carbons (Fsp3) is 0.778. The molecule has 0 fully saturated rings.